The van der Waals surface area contributed by atoms with Crippen LogP contribution in [0.5, 0.6) is 0 Å². The molecule has 0 atom stereocenters. The van der Waals surface area contributed by atoms with Crippen molar-refractivity contribution >= 4 is 5.91 Å². The highest BCUT2D eigenvalue weighted by atomic mass is 16.2. The van der Waals surface area contributed by atoms with Crippen LogP contribution in [0.1, 0.15) is 25.7 Å². The maximum absolute atomic E-state index is 12.4. The molecule has 1 saturated heterocycles. The summed E-state index contributed by atoms with van der Waals surface area (Å²) in [5, 5.41) is 0. The lowest BCUT2D eigenvalue weighted by molar-refractivity contribution is -0.183. The molecule has 3 aliphatic carbocycles. The number of nitrogens with two attached hydrogens (primary N) is 1. The maximum Gasteiger partial charge on any atom is 0.229 e. The summed E-state index contributed by atoms with van der Waals surface area (Å²) in [7, 11) is 2.13. The first kappa shape index (κ1) is 10.5. The van der Waals surface area contributed by atoms with E-state index in [2.05, 4.69) is 16.8 Å². The van der Waals surface area contributed by atoms with Crippen LogP contribution in [0.25, 0.3) is 0 Å². The number of rotatable bonds is 1. The monoisotopic (exact) mass is 223 g/mol. The van der Waals surface area contributed by atoms with Crippen LogP contribution in [0.3, 0.4) is 0 Å². The summed E-state index contributed by atoms with van der Waals surface area (Å²) in [6.45, 7) is 3.95. The normalized spacial score (nSPS) is 43.2. The van der Waals surface area contributed by atoms with Gasteiger partial charge in [0.25, 0.3) is 0 Å². The summed E-state index contributed by atoms with van der Waals surface area (Å²) in [5.74, 6) is 0.384. The van der Waals surface area contributed by atoms with Gasteiger partial charge in [-0.15, -0.1) is 0 Å². The fourth-order valence-corrected chi connectivity index (χ4v) is 3.68. The molecule has 0 unspecified atom stereocenters. The van der Waals surface area contributed by atoms with Crippen molar-refractivity contribution in [1.29, 1.82) is 0 Å². The van der Waals surface area contributed by atoms with Gasteiger partial charge in [-0.05, 0) is 39.3 Å². The molecule has 0 aromatic rings. The van der Waals surface area contributed by atoms with Gasteiger partial charge in [0.1, 0.15) is 0 Å². The summed E-state index contributed by atoms with van der Waals surface area (Å²) >= 11 is 0. The van der Waals surface area contributed by atoms with E-state index in [1.165, 1.54) is 0 Å². The van der Waals surface area contributed by atoms with Gasteiger partial charge >= 0.3 is 0 Å². The van der Waals surface area contributed by atoms with Crippen LogP contribution in [-0.4, -0.2) is 54.5 Å². The predicted octanol–water partition coefficient (Wildman–Crippen LogP) is 0.0319. The van der Waals surface area contributed by atoms with Gasteiger partial charge in [-0.25, -0.2) is 0 Å². The van der Waals surface area contributed by atoms with E-state index in [4.69, 9.17) is 5.73 Å². The Morgan fingerprint density at radius 3 is 2.44 bits per heavy atom. The van der Waals surface area contributed by atoms with E-state index < -0.39 is 0 Å². The van der Waals surface area contributed by atoms with Gasteiger partial charge in [0.2, 0.25) is 5.91 Å². The molecule has 0 aromatic heterocycles. The molecule has 0 radical (unpaired) electrons. The fourth-order valence-electron chi connectivity index (χ4n) is 3.68. The summed E-state index contributed by atoms with van der Waals surface area (Å²) in [4.78, 5) is 16.8. The van der Waals surface area contributed by atoms with Gasteiger partial charge < -0.3 is 15.5 Å². The minimum Gasteiger partial charge on any atom is -0.341 e. The number of likely N-dealkylation sites (N-methyl/N-ethyl adjacent to an activating group) is 1. The largest absolute Gasteiger partial charge is 0.341 e. The van der Waals surface area contributed by atoms with E-state index in [0.29, 0.717) is 5.91 Å². The van der Waals surface area contributed by atoms with Gasteiger partial charge in [0, 0.05) is 25.2 Å². The highest BCUT2D eigenvalue weighted by Crippen LogP contribution is 2.66. The molecule has 1 aliphatic heterocycles. The molecule has 4 fully saturated rings. The van der Waals surface area contributed by atoms with Gasteiger partial charge in [0.15, 0.2) is 0 Å². The van der Waals surface area contributed by atoms with Crippen LogP contribution in [0.2, 0.25) is 0 Å². The lowest BCUT2D eigenvalue weighted by Crippen LogP contribution is -2.76. The Labute approximate surface area is 96.8 Å². The third kappa shape index (κ3) is 1.39. The number of amides is 1. The van der Waals surface area contributed by atoms with E-state index >= 15 is 0 Å². The average molecular weight is 223 g/mol. The molecule has 4 heteroatoms. The smallest absolute Gasteiger partial charge is 0.229 e. The van der Waals surface area contributed by atoms with Crippen LogP contribution in [0, 0.1) is 5.41 Å². The van der Waals surface area contributed by atoms with Crippen LogP contribution < -0.4 is 5.73 Å². The molecule has 1 heterocycles. The Morgan fingerprint density at radius 2 is 1.81 bits per heavy atom. The molecule has 4 aliphatic rings. The molecule has 0 spiro atoms. The highest BCUT2D eigenvalue weighted by molar-refractivity contribution is 5.87. The molecule has 4 rings (SSSR count). The van der Waals surface area contributed by atoms with E-state index in [9.17, 15) is 4.79 Å². The summed E-state index contributed by atoms with van der Waals surface area (Å²) in [6.07, 6.45) is 3.91. The second-order valence-corrected chi connectivity index (χ2v) is 6.12. The van der Waals surface area contributed by atoms with Crippen molar-refractivity contribution in [1.82, 2.24) is 9.80 Å². The third-order valence-corrected chi connectivity index (χ3v) is 4.53. The molecule has 0 aromatic carbocycles. The zero-order chi connectivity index (χ0) is 11.4. The number of hydrogen-bond acceptors (Lipinski definition) is 3. The van der Waals surface area contributed by atoms with Crippen LogP contribution in [0.4, 0.5) is 0 Å². The fraction of sp³-hybridized carbons (Fsp3) is 0.917. The summed E-state index contributed by atoms with van der Waals surface area (Å²) in [6, 6.07) is 0. The third-order valence-electron chi connectivity index (χ3n) is 4.53. The lowest BCUT2D eigenvalue weighted by Gasteiger charge is -2.68. The number of hydrogen-bond donors (Lipinski definition) is 1. The number of carbonyl (C=O) groups excluding carboxylic acids is 1. The first-order chi connectivity index (χ1) is 7.53. The van der Waals surface area contributed by atoms with E-state index in [1.54, 1.807) is 0 Å². The van der Waals surface area contributed by atoms with Gasteiger partial charge in [-0.2, -0.15) is 0 Å². The van der Waals surface area contributed by atoms with Crippen molar-refractivity contribution in [3.63, 3.8) is 0 Å². The quantitative estimate of drug-likeness (QED) is 0.682. The first-order valence-electron chi connectivity index (χ1n) is 6.30. The van der Waals surface area contributed by atoms with Crippen LogP contribution >= 0.6 is 0 Å². The van der Waals surface area contributed by atoms with Crippen LogP contribution in [-0.2, 0) is 4.79 Å². The van der Waals surface area contributed by atoms with E-state index in [0.717, 1.165) is 51.9 Å². The van der Waals surface area contributed by atoms with Crippen molar-refractivity contribution < 1.29 is 4.79 Å². The lowest BCUT2D eigenvalue weighted by atomic mass is 9.39. The Balaban J connectivity index is 1.63. The molecule has 3 saturated carbocycles. The van der Waals surface area contributed by atoms with Crippen LogP contribution in [0.15, 0.2) is 0 Å². The minimum atomic E-state index is -0.0301. The van der Waals surface area contributed by atoms with Gasteiger partial charge in [0.05, 0.1) is 5.41 Å². The average Bonchev–Trinajstić information content (AvgIpc) is 2.36. The molecule has 2 bridgehead atoms. The molecule has 4 nitrogen and oxygen atoms in total. The van der Waals surface area contributed by atoms with Crippen molar-refractivity contribution in [2.45, 2.75) is 31.2 Å². The van der Waals surface area contributed by atoms with E-state index in [-0.39, 0.29) is 11.0 Å². The van der Waals surface area contributed by atoms with Crippen molar-refractivity contribution in [2.75, 3.05) is 33.2 Å². The molecule has 1 amide bonds. The maximum atomic E-state index is 12.4. The Hall–Kier alpha value is -0.610. The zero-order valence-electron chi connectivity index (χ0n) is 10.0. The Kier molecular flexibility index (Phi) is 2.11. The van der Waals surface area contributed by atoms with Crippen molar-refractivity contribution in [2.24, 2.45) is 11.1 Å². The Bertz CT molecular complexity index is 308. The number of nitrogens with zero attached hydrogens (tertiary/aromatic N) is 2. The van der Waals surface area contributed by atoms with Crippen molar-refractivity contribution in [3.8, 4) is 0 Å². The summed E-state index contributed by atoms with van der Waals surface area (Å²) in [5.41, 5.74) is 6.02. The van der Waals surface area contributed by atoms with Gasteiger partial charge in [-0.3, -0.25) is 4.79 Å². The molecule has 16 heavy (non-hydrogen) atoms. The summed E-state index contributed by atoms with van der Waals surface area (Å²) < 4.78 is 0. The second-order valence-electron chi connectivity index (χ2n) is 6.12. The Morgan fingerprint density at radius 1 is 1.12 bits per heavy atom. The molecule has 90 valence electrons. The van der Waals surface area contributed by atoms with Gasteiger partial charge in [-0.1, -0.05) is 0 Å². The second kappa shape index (κ2) is 3.20. The predicted molar refractivity (Wildman–Crippen MR) is 61.9 cm³/mol. The van der Waals surface area contributed by atoms with Crippen molar-refractivity contribution in [3.05, 3.63) is 0 Å². The molecular formula is C12H21N3O. The standard InChI is InChI=1S/C12H21N3O/c1-14-3-2-4-15(6-5-14)10(16)11-7-12(13,8-11)9-11/h2-9,13H2,1H3. The number of carbonyl (C=O) groups is 1. The molecular weight excluding hydrogens is 202 g/mol. The molecule has 2 N–H and O–H groups in total. The highest BCUT2D eigenvalue weighted by Gasteiger charge is 2.70. The topological polar surface area (TPSA) is 49.6 Å². The SMILES string of the molecule is CN1CCCN(C(=O)C23CC(N)(C2)C3)CC1. The zero-order valence-corrected chi connectivity index (χ0v) is 10.0. The minimum absolute atomic E-state index is 0.0301. The van der Waals surface area contributed by atoms with E-state index in [1.807, 2.05) is 0 Å². The first-order valence-corrected chi connectivity index (χ1v) is 6.30.